The van der Waals surface area contributed by atoms with Gasteiger partial charge in [-0.1, -0.05) is 0 Å². The van der Waals surface area contributed by atoms with Gasteiger partial charge in [0, 0.05) is 23.7 Å². The van der Waals surface area contributed by atoms with Crippen LogP contribution < -0.4 is 10.6 Å². The van der Waals surface area contributed by atoms with Crippen LogP contribution in [0.3, 0.4) is 0 Å². The Labute approximate surface area is 164 Å². The lowest BCUT2D eigenvalue weighted by Gasteiger charge is -2.47. The van der Waals surface area contributed by atoms with Crippen molar-refractivity contribution in [2.24, 2.45) is 0 Å². The first-order valence-electron chi connectivity index (χ1n) is 9.58. The molecule has 0 unspecified atom stereocenters. The van der Waals surface area contributed by atoms with Crippen molar-refractivity contribution < 1.29 is 4.42 Å². The van der Waals surface area contributed by atoms with Crippen molar-refractivity contribution in [3.8, 4) is 0 Å². The number of furan rings is 1. The average Bonchev–Trinajstić information content (AvgIpc) is 2.95. The van der Waals surface area contributed by atoms with Crippen LogP contribution in [0.25, 0.3) is 0 Å². The molecule has 6 heteroatoms. The molecular formula is C20H36N4OS. The zero-order valence-electron chi connectivity index (χ0n) is 17.3. The minimum Gasteiger partial charge on any atom is -0.467 e. The summed E-state index contributed by atoms with van der Waals surface area (Å²) in [6.07, 6.45) is 4.91. The summed E-state index contributed by atoms with van der Waals surface area (Å²) in [6.45, 7) is 11.7. The molecule has 1 aliphatic rings. The largest absolute Gasteiger partial charge is 0.467 e. The van der Waals surface area contributed by atoms with E-state index in [0.29, 0.717) is 12.6 Å². The molecule has 1 aromatic heterocycles. The third-order valence-corrected chi connectivity index (χ3v) is 5.14. The van der Waals surface area contributed by atoms with Gasteiger partial charge in [-0.25, -0.2) is 0 Å². The summed E-state index contributed by atoms with van der Waals surface area (Å²) >= 11 is 5.80. The molecule has 1 saturated heterocycles. The van der Waals surface area contributed by atoms with Gasteiger partial charge in [0.1, 0.15) is 5.76 Å². The first-order valence-corrected chi connectivity index (χ1v) is 9.99. The first-order chi connectivity index (χ1) is 12.1. The molecule has 26 heavy (non-hydrogen) atoms. The Kier molecular flexibility index (Phi) is 7.11. The van der Waals surface area contributed by atoms with Gasteiger partial charge in [-0.15, -0.1) is 0 Å². The van der Waals surface area contributed by atoms with Crippen LogP contribution in [-0.2, 0) is 6.54 Å². The minimum absolute atomic E-state index is 0.103. The summed E-state index contributed by atoms with van der Waals surface area (Å²) in [5, 5.41) is 8.21. The van der Waals surface area contributed by atoms with Gasteiger partial charge < -0.3 is 24.9 Å². The Balaban J connectivity index is 2.00. The molecule has 0 aliphatic carbocycles. The fourth-order valence-electron chi connectivity index (χ4n) is 4.11. The van der Waals surface area contributed by atoms with Crippen molar-refractivity contribution >= 4 is 17.3 Å². The monoisotopic (exact) mass is 380 g/mol. The molecule has 0 saturated carbocycles. The highest BCUT2D eigenvalue weighted by Gasteiger charge is 2.38. The number of hydrogen-bond acceptors (Lipinski definition) is 4. The Morgan fingerprint density at radius 1 is 1.23 bits per heavy atom. The zero-order valence-corrected chi connectivity index (χ0v) is 18.1. The van der Waals surface area contributed by atoms with Gasteiger partial charge in [0.15, 0.2) is 5.11 Å². The lowest BCUT2D eigenvalue weighted by Crippen LogP contribution is -2.62. The fraction of sp³-hybridized carbons (Fsp3) is 0.750. The van der Waals surface area contributed by atoms with Crippen molar-refractivity contribution in [3.05, 3.63) is 24.2 Å². The topological polar surface area (TPSA) is 43.7 Å². The molecule has 2 rings (SSSR count). The Morgan fingerprint density at radius 2 is 1.88 bits per heavy atom. The first kappa shape index (κ1) is 21.2. The van der Waals surface area contributed by atoms with Crippen molar-refractivity contribution in [3.63, 3.8) is 0 Å². The lowest BCUT2D eigenvalue weighted by atomic mass is 9.80. The van der Waals surface area contributed by atoms with Crippen LogP contribution in [0.5, 0.6) is 0 Å². The van der Waals surface area contributed by atoms with Gasteiger partial charge in [-0.2, -0.15) is 0 Å². The van der Waals surface area contributed by atoms with Crippen LogP contribution in [0.1, 0.15) is 52.7 Å². The van der Waals surface area contributed by atoms with E-state index >= 15 is 0 Å². The predicted octanol–water partition coefficient (Wildman–Crippen LogP) is 3.22. The maximum absolute atomic E-state index is 5.80. The highest BCUT2D eigenvalue weighted by atomic mass is 32.1. The van der Waals surface area contributed by atoms with E-state index in [-0.39, 0.29) is 11.1 Å². The molecular weight excluding hydrogens is 344 g/mol. The number of nitrogens with zero attached hydrogens (tertiary/aromatic N) is 2. The Hall–Kier alpha value is -1.11. The molecule has 0 atom stereocenters. The van der Waals surface area contributed by atoms with E-state index < -0.39 is 0 Å². The van der Waals surface area contributed by atoms with Crippen LogP contribution in [0, 0.1) is 0 Å². The highest BCUT2D eigenvalue weighted by molar-refractivity contribution is 7.80. The molecule has 2 N–H and O–H groups in total. The summed E-state index contributed by atoms with van der Waals surface area (Å²) < 4.78 is 5.55. The molecule has 0 aromatic carbocycles. The number of hydrogen-bond donors (Lipinski definition) is 2. The maximum atomic E-state index is 5.80. The normalized spacial score (nSPS) is 19.5. The van der Waals surface area contributed by atoms with E-state index in [1.54, 1.807) is 6.26 Å². The Morgan fingerprint density at radius 3 is 2.42 bits per heavy atom. The summed E-state index contributed by atoms with van der Waals surface area (Å²) in [7, 11) is 4.21. The second-order valence-corrected chi connectivity index (χ2v) is 9.49. The highest BCUT2D eigenvalue weighted by Crippen LogP contribution is 2.28. The molecule has 0 amide bonds. The van der Waals surface area contributed by atoms with Crippen LogP contribution in [0.15, 0.2) is 22.8 Å². The smallest absolute Gasteiger partial charge is 0.169 e. The van der Waals surface area contributed by atoms with Gasteiger partial charge in [-0.05, 0) is 91.9 Å². The minimum atomic E-state index is 0.103. The summed E-state index contributed by atoms with van der Waals surface area (Å²) in [5.74, 6) is 0.949. The molecule has 5 nitrogen and oxygen atoms in total. The van der Waals surface area contributed by atoms with Crippen molar-refractivity contribution in [1.82, 2.24) is 20.4 Å². The van der Waals surface area contributed by atoms with Gasteiger partial charge in [0.05, 0.1) is 12.8 Å². The third kappa shape index (κ3) is 6.89. The van der Waals surface area contributed by atoms with Crippen LogP contribution in [0.4, 0.5) is 0 Å². The van der Waals surface area contributed by atoms with Gasteiger partial charge in [0.25, 0.3) is 0 Å². The van der Waals surface area contributed by atoms with E-state index in [1.165, 1.54) is 0 Å². The van der Waals surface area contributed by atoms with E-state index in [1.807, 2.05) is 12.1 Å². The van der Waals surface area contributed by atoms with Crippen LogP contribution in [0.2, 0.25) is 0 Å². The fourth-order valence-corrected chi connectivity index (χ4v) is 4.43. The number of rotatable bonds is 7. The Bertz CT molecular complexity index is 552. The standard InChI is InChI=1S/C20H36N4OS/c1-19(2)13-16(14-20(3,4)22-19)21-18(26)24(11-8-10-23(5)6)15-17-9-7-12-25-17/h7,9,12,16,22H,8,10-11,13-15H2,1-6H3,(H,21,26). The van der Waals surface area contributed by atoms with Crippen LogP contribution >= 0.6 is 12.2 Å². The molecule has 1 aliphatic heterocycles. The summed E-state index contributed by atoms with van der Waals surface area (Å²) in [5.41, 5.74) is 0.206. The van der Waals surface area contributed by atoms with Crippen molar-refractivity contribution in [2.45, 2.75) is 70.6 Å². The molecule has 0 spiro atoms. The van der Waals surface area contributed by atoms with E-state index in [4.69, 9.17) is 16.6 Å². The summed E-state index contributed by atoms with van der Waals surface area (Å²) in [4.78, 5) is 4.44. The quantitative estimate of drug-likeness (QED) is 0.708. The second-order valence-electron chi connectivity index (χ2n) is 9.11. The SMILES string of the molecule is CN(C)CCCN(Cc1ccco1)C(=S)NC1CC(C)(C)NC(C)(C)C1. The van der Waals surface area contributed by atoms with Gasteiger partial charge in [-0.3, -0.25) is 0 Å². The molecule has 1 aromatic rings. The summed E-state index contributed by atoms with van der Waals surface area (Å²) in [6, 6.07) is 4.32. The van der Waals surface area contributed by atoms with Gasteiger partial charge >= 0.3 is 0 Å². The lowest BCUT2D eigenvalue weighted by molar-refractivity contribution is 0.153. The van der Waals surface area contributed by atoms with Crippen molar-refractivity contribution in [1.29, 1.82) is 0 Å². The van der Waals surface area contributed by atoms with Crippen LogP contribution in [-0.4, -0.2) is 59.2 Å². The molecule has 0 radical (unpaired) electrons. The van der Waals surface area contributed by atoms with E-state index in [0.717, 1.165) is 43.2 Å². The maximum Gasteiger partial charge on any atom is 0.169 e. The molecule has 0 bridgehead atoms. The molecule has 2 heterocycles. The number of nitrogens with one attached hydrogen (secondary N) is 2. The van der Waals surface area contributed by atoms with E-state index in [9.17, 15) is 0 Å². The van der Waals surface area contributed by atoms with E-state index in [2.05, 4.69) is 62.2 Å². The predicted molar refractivity (Wildman–Crippen MR) is 112 cm³/mol. The zero-order chi connectivity index (χ0) is 19.4. The van der Waals surface area contributed by atoms with Gasteiger partial charge in [0.2, 0.25) is 0 Å². The van der Waals surface area contributed by atoms with Crippen molar-refractivity contribution in [2.75, 3.05) is 27.2 Å². The second kappa shape index (κ2) is 8.72. The third-order valence-electron chi connectivity index (χ3n) is 4.77. The number of piperidine rings is 1. The molecule has 148 valence electrons. The molecule has 1 fully saturated rings. The number of thiocarbonyl (C=S) groups is 1. The average molecular weight is 381 g/mol.